The number of carbonyl (C=O) groups excluding carboxylic acids is 1. The van der Waals surface area contributed by atoms with Gasteiger partial charge in [-0.05, 0) is 36.6 Å². The average Bonchev–Trinajstić information content (AvgIpc) is 3.45. The molecule has 0 unspecified atom stereocenters. The monoisotopic (exact) mass is 381 g/mol. The number of aromatic hydroxyl groups is 2. The van der Waals surface area contributed by atoms with Crippen LogP contribution in [0.5, 0.6) is 11.5 Å². The van der Waals surface area contributed by atoms with Gasteiger partial charge in [0, 0.05) is 11.5 Å². The van der Waals surface area contributed by atoms with Gasteiger partial charge in [-0.3, -0.25) is 4.79 Å². The Morgan fingerprint density at radius 2 is 1.85 bits per heavy atom. The van der Waals surface area contributed by atoms with Crippen LogP contribution in [-0.4, -0.2) is 36.5 Å². The first-order chi connectivity index (χ1) is 13.1. The van der Waals surface area contributed by atoms with Gasteiger partial charge in [0.15, 0.2) is 22.4 Å². The number of thioether (sulfide) groups is 1. The average molecular weight is 381 g/mol. The van der Waals surface area contributed by atoms with Gasteiger partial charge in [0.1, 0.15) is 5.82 Å². The Hall–Kier alpha value is -2.80. The maximum atomic E-state index is 12.4. The van der Waals surface area contributed by atoms with E-state index in [9.17, 15) is 15.0 Å². The third-order valence-electron chi connectivity index (χ3n) is 4.50. The molecule has 2 aromatic carbocycles. The van der Waals surface area contributed by atoms with Crippen molar-refractivity contribution in [1.29, 1.82) is 0 Å². The number of ketones is 1. The standard InChI is InChI=1S/C20H19N3O3S/c24-16-9-8-15(10-17(16)25)18(26)12-27-20-22-21-19(14-6-7-14)23(20)11-13-4-2-1-3-5-13/h1-5,8-10,14,24-25H,6-7,11-12H2. The topological polar surface area (TPSA) is 88.2 Å². The van der Waals surface area contributed by atoms with Crippen LogP contribution in [0.15, 0.2) is 53.7 Å². The summed E-state index contributed by atoms with van der Waals surface area (Å²) in [7, 11) is 0. The molecule has 1 heterocycles. The predicted octanol–water partition coefficient (Wildman–Crippen LogP) is 3.59. The zero-order chi connectivity index (χ0) is 18.8. The van der Waals surface area contributed by atoms with Crippen molar-refractivity contribution < 1.29 is 15.0 Å². The lowest BCUT2D eigenvalue weighted by atomic mass is 10.1. The van der Waals surface area contributed by atoms with E-state index in [1.165, 1.54) is 30.0 Å². The van der Waals surface area contributed by atoms with E-state index in [0.717, 1.165) is 29.4 Å². The van der Waals surface area contributed by atoms with Crippen LogP contribution < -0.4 is 0 Å². The third kappa shape index (κ3) is 3.98. The molecular formula is C20H19N3O3S. The van der Waals surface area contributed by atoms with Crippen molar-refractivity contribution in [3.8, 4) is 11.5 Å². The molecule has 0 aliphatic heterocycles. The molecule has 1 aromatic heterocycles. The molecule has 0 radical (unpaired) electrons. The van der Waals surface area contributed by atoms with Crippen LogP contribution in [0.3, 0.4) is 0 Å². The van der Waals surface area contributed by atoms with Crippen LogP contribution in [0.2, 0.25) is 0 Å². The largest absolute Gasteiger partial charge is 0.504 e. The maximum Gasteiger partial charge on any atom is 0.191 e. The Morgan fingerprint density at radius 1 is 1.07 bits per heavy atom. The highest BCUT2D eigenvalue weighted by atomic mass is 32.2. The highest BCUT2D eigenvalue weighted by molar-refractivity contribution is 7.99. The highest BCUT2D eigenvalue weighted by Crippen LogP contribution is 2.40. The molecule has 27 heavy (non-hydrogen) atoms. The fourth-order valence-electron chi connectivity index (χ4n) is 2.88. The summed E-state index contributed by atoms with van der Waals surface area (Å²) in [5.74, 6) is 0.945. The number of Topliss-reactive ketones (excluding diaryl/α,β-unsaturated/α-hetero) is 1. The van der Waals surface area contributed by atoms with Gasteiger partial charge in [-0.2, -0.15) is 0 Å². The van der Waals surface area contributed by atoms with Crippen LogP contribution in [0, 0.1) is 0 Å². The van der Waals surface area contributed by atoms with Crippen molar-refractivity contribution in [3.63, 3.8) is 0 Å². The molecule has 3 aromatic rings. The molecule has 7 heteroatoms. The Bertz CT molecular complexity index is 968. The number of hydrogen-bond donors (Lipinski definition) is 2. The molecule has 1 aliphatic carbocycles. The Morgan fingerprint density at radius 3 is 2.56 bits per heavy atom. The van der Waals surface area contributed by atoms with Crippen LogP contribution in [-0.2, 0) is 6.54 Å². The number of phenols is 2. The van der Waals surface area contributed by atoms with Gasteiger partial charge in [-0.15, -0.1) is 10.2 Å². The second-order valence-electron chi connectivity index (χ2n) is 6.60. The summed E-state index contributed by atoms with van der Waals surface area (Å²) in [6.45, 7) is 0.677. The second-order valence-corrected chi connectivity index (χ2v) is 7.54. The summed E-state index contributed by atoms with van der Waals surface area (Å²) >= 11 is 1.34. The number of phenolic OH excluding ortho intramolecular Hbond substituents is 2. The normalized spacial score (nSPS) is 13.6. The Balaban J connectivity index is 1.51. The number of aromatic nitrogens is 3. The van der Waals surface area contributed by atoms with Crippen molar-refractivity contribution in [2.45, 2.75) is 30.5 Å². The van der Waals surface area contributed by atoms with E-state index in [1.54, 1.807) is 0 Å². The van der Waals surface area contributed by atoms with E-state index in [1.807, 2.05) is 18.2 Å². The van der Waals surface area contributed by atoms with Crippen molar-refractivity contribution >= 4 is 17.5 Å². The fraction of sp³-hybridized carbons (Fsp3) is 0.250. The summed E-state index contributed by atoms with van der Waals surface area (Å²) in [5.41, 5.74) is 1.52. The molecule has 0 saturated heterocycles. The lowest BCUT2D eigenvalue weighted by molar-refractivity contribution is 0.102. The molecule has 0 amide bonds. The molecular weight excluding hydrogens is 362 g/mol. The van der Waals surface area contributed by atoms with Crippen molar-refractivity contribution in [2.24, 2.45) is 0 Å². The zero-order valence-electron chi connectivity index (χ0n) is 14.6. The first kappa shape index (κ1) is 17.6. The second kappa shape index (κ2) is 7.44. The number of nitrogens with zero attached hydrogens (tertiary/aromatic N) is 3. The number of rotatable bonds is 7. The summed E-state index contributed by atoms with van der Waals surface area (Å²) < 4.78 is 2.10. The van der Waals surface area contributed by atoms with E-state index >= 15 is 0 Å². The van der Waals surface area contributed by atoms with Gasteiger partial charge in [0.25, 0.3) is 0 Å². The Kier molecular flexibility index (Phi) is 4.85. The van der Waals surface area contributed by atoms with Crippen molar-refractivity contribution in [3.05, 3.63) is 65.5 Å². The molecule has 2 N–H and O–H groups in total. The summed E-state index contributed by atoms with van der Waals surface area (Å²) in [6.07, 6.45) is 2.26. The number of hydrogen-bond acceptors (Lipinski definition) is 6. The van der Waals surface area contributed by atoms with Gasteiger partial charge < -0.3 is 14.8 Å². The zero-order valence-corrected chi connectivity index (χ0v) is 15.4. The van der Waals surface area contributed by atoms with Crippen LogP contribution in [0.4, 0.5) is 0 Å². The van der Waals surface area contributed by atoms with Gasteiger partial charge in [-0.25, -0.2) is 0 Å². The molecule has 4 rings (SSSR count). The first-order valence-electron chi connectivity index (χ1n) is 8.77. The van der Waals surface area contributed by atoms with E-state index in [0.29, 0.717) is 18.0 Å². The minimum absolute atomic E-state index is 0.141. The molecule has 1 saturated carbocycles. The van der Waals surface area contributed by atoms with E-state index in [-0.39, 0.29) is 23.0 Å². The molecule has 6 nitrogen and oxygen atoms in total. The van der Waals surface area contributed by atoms with Gasteiger partial charge in [-0.1, -0.05) is 42.1 Å². The van der Waals surface area contributed by atoms with E-state index in [4.69, 9.17) is 0 Å². The Labute approximate surface area is 160 Å². The molecule has 0 bridgehead atoms. The van der Waals surface area contributed by atoms with Crippen LogP contribution >= 0.6 is 11.8 Å². The smallest absolute Gasteiger partial charge is 0.191 e. The predicted molar refractivity (Wildman–Crippen MR) is 102 cm³/mol. The molecule has 1 fully saturated rings. The summed E-state index contributed by atoms with van der Waals surface area (Å²) in [4.78, 5) is 12.4. The highest BCUT2D eigenvalue weighted by Gasteiger charge is 2.30. The summed E-state index contributed by atoms with van der Waals surface area (Å²) in [6, 6.07) is 14.2. The van der Waals surface area contributed by atoms with Gasteiger partial charge in [0.2, 0.25) is 0 Å². The SMILES string of the molecule is O=C(CSc1nnc(C2CC2)n1Cc1ccccc1)c1ccc(O)c(O)c1. The first-order valence-corrected chi connectivity index (χ1v) is 9.75. The molecule has 138 valence electrons. The van der Waals surface area contributed by atoms with Gasteiger partial charge >= 0.3 is 0 Å². The fourth-order valence-corrected chi connectivity index (χ4v) is 3.71. The van der Waals surface area contributed by atoms with Crippen LogP contribution in [0.1, 0.15) is 40.5 Å². The number of carbonyl (C=O) groups is 1. The van der Waals surface area contributed by atoms with E-state index in [2.05, 4.69) is 26.9 Å². The molecule has 0 atom stereocenters. The lowest BCUT2D eigenvalue weighted by Crippen LogP contribution is -2.08. The van der Waals surface area contributed by atoms with Crippen molar-refractivity contribution in [1.82, 2.24) is 14.8 Å². The van der Waals surface area contributed by atoms with Crippen LogP contribution in [0.25, 0.3) is 0 Å². The minimum Gasteiger partial charge on any atom is -0.504 e. The minimum atomic E-state index is -0.297. The van der Waals surface area contributed by atoms with E-state index < -0.39 is 0 Å². The number of benzene rings is 2. The maximum absolute atomic E-state index is 12.4. The molecule has 0 spiro atoms. The molecule has 1 aliphatic rings. The quantitative estimate of drug-likeness (QED) is 0.369. The summed E-state index contributed by atoms with van der Waals surface area (Å²) in [5, 5.41) is 28.3. The van der Waals surface area contributed by atoms with Gasteiger partial charge in [0.05, 0.1) is 12.3 Å². The lowest BCUT2D eigenvalue weighted by Gasteiger charge is -2.10. The van der Waals surface area contributed by atoms with Crippen molar-refractivity contribution in [2.75, 3.05) is 5.75 Å². The third-order valence-corrected chi connectivity index (χ3v) is 5.47.